The van der Waals surface area contributed by atoms with Crippen LogP contribution in [0.15, 0.2) is 54.0 Å². The first-order valence-corrected chi connectivity index (χ1v) is 8.64. The molecule has 0 bridgehead atoms. The Balaban J connectivity index is 2.33. The van der Waals surface area contributed by atoms with Crippen LogP contribution in [-0.4, -0.2) is 19.2 Å². The van der Waals surface area contributed by atoms with E-state index in [1.807, 2.05) is 4.83 Å². The molecular formula is C14H13BrN2O5S. The molecule has 0 aliphatic rings. The molecule has 0 aliphatic heterocycles. The third kappa shape index (κ3) is 3.99. The van der Waals surface area contributed by atoms with Crippen molar-refractivity contribution in [3.8, 4) is 5.75 Å². The first-order chi connectivity index (χ1) is 10.7. The SMILES string of the molecule is CC(=NNS(=O)(=O)c1ccc(Br)cc1)c1c(O)cc(C)oc1=O. The molecule has 0 radical (unpaired) electrons. The second-order valence-corrected chi connectivity index (χ2v) is 7.23. The Morgan fingerprint density at radius 3 is 2.48 bits per heavy atom. The van der Waals surface area contributed by atoms with Crippen molar-refractivity contribution in [1.29, 1.82) is 0 Å². The zero-order valence-corrected chi connectivity index (χ0v) is 14.6. The summed E-state index contributed by atoms with van der Waals surface area (Å²) < 4.78 is 29.8. The summed E-state index contributed by atoms with van der Waals surface area (Å²) in [6, 6.07) is 7.19. The molecule has 122 valence electrons. The van der Waals surface area contributed by atoms with Crippen molar-refractivity contribution in [3.05, 3.63) is 56.5 Å². The zero-order valence-electron chi connectivity index (χ0n) is 12.2. The Bertz CT molecular complexity index is 917. The molecule has 1 aromatic heterocycles. The first-order valence-electron chi connectivity index (χ1n) is 6.36. The van der Waals surface area contributed by atoms with E-state index in [-0.39, 0.29) is 27.7 Å². The van der Waals surface area contributed by atoms with Gasteiger partial charge in [-0.3, -0.25) is 0 Å². The van der Waals surface area contributed by atoms with Crippen molar-refractivity contribution in [2.45, 2.75) is 18.7 Å². The van der Waals surface area contributed by atoms with Crippen LogP contribution in [0, 0.1) is 6.92 Å². The maximum absolute atomic E-state index is 12.1. The van der Waals surface area contributed by atoms with E-state index in [0.29, 0.717) is 0 Å². The van der Waals surface area contributed by atoms with Gasteiger partial charge in [-0.05, 0) is 38.1 Å². The molecule has 0 amide bonds. The van der Waals surface area contributed by atoms with Gasteiger partial charge >= 0.3 is 5.63 Å². The van der Waals surface area contributed by atoms with E-state index in [2.05, 4.69) is 21.0 Å². The summed E-state index contributed by atoms with van der Waals surface area (Å²) in [5.41, 5.74) is -1.02. The van der Waals surface area contributed by atoms with Crippen molar-refractivity contribution in [2.75, 3.05) is 0 Å². The Morgan fingerprint density at radius 1 is 1.30 bits per heavy atom. The van der Waals surface area contributed by atoms with Gasteiger partial charge in [-0.25, -0.2) is 4.79 Å². The summed E-state index contributed by atoms with van der Waals surface area (Å²) >= 11 is 3.21. The van der Waals surface area contributed by atoms with Gasteiger partial charge in [0.05, 0.1) is 10.6 Å². The van der Waals surface area contributed by atoms with E-state index >= 15 is 0 Å². The molecule has 7 nitrogen and oxygen atoms in total. The highest BCUT2D eigenvalue weighted by atomic mass is 79.9. The Morgan fingerprint density at radius 2 is 1.91 bits per heavy atom. The summed E-state index contributed by atoms with van der Waals surface area (Å²) in [5, 5.41) is 13.5. The predicted molar refractivity (Wildman–Crippen MR) is 88.1 cm³/mol. The van der Waals surface area contributed by atoms with Crippen LogP contribution in [0.25, 0.3) is 0 Å². The molecule has 0 aliphatic carbocycles. The van der Waals surface area contributed by atoms with Crippen LogP contribution in [0.3, 0.4) is 0 Å². The average molecular weight is 401 g/mol. The molecule has 1 heterocycles. The quantitative estimate of drug-likeness (QED) is 0.603. The number of nitrogens with one attached hydrogen (secondary N) is 1. The maximum Gasteiger partial charge on any atom is 0.348 e. The minimum absolute atomic E-state index is 0.0115. The van der Waals surface area contributed by atoms with E-state index in [1.165, 1.54) is 32.0 Å². The number of nitrogens with zero attached hydrogens (tertiary/aromatic N) is 1. The van der Waals surface area contributed by atoms with Crippen LogP contribution in [0.1, 0.15) is 18.2 Å². The van der Waals surface area contributed by atoms with Gasteiger partial charge in [0, 0.05) is 10.5 Å². The van der Waals surface area contributed by atoms with Crippen LogP contribution in [0.2, 0.25) is 0 Å². The van der Waals surface area contributed by atoms with Gasteiger partial charge in [-0.2, -0.15) is 18.4 Å². The van der Waals surface area contributed by atoms with E-state index in [1.54, 1.807) is 12.1 Å². The second-order valence-electron chi connectivity index (χ2n) is 4.65. The highest BCUT2D eigenvalue weighted by Crippen LogP contribution is 2.16. The van der Waals surface area contributed by atoms with Gasteiger partial charge in [0.2, 0.25) is 0 Å². The van der Waals surface area contributed by atoms with Gasteiger partial charge in [0.1, 0.15) is 17.1 Å². The highest BCUT2D eigenvalue weighted by molar-refractivity contribution is 9.10. The Labute approximate surface area is 140 Å². The summed E-state index contributed by atoms with van der Waals surface area (Å²) in [7, 11) is -3.89. The number of hydrogen-bond donors (Lipinski definition) is 2. The molecule has 0 unspecified atom stereocenters. The molecule has 0 atom stereocenters. The van der Waals surface area contributed by atoms with Gasteiger partial charge in [-0.15, -0.1) is 0 Å². The third-order valence-electron chi connectivity index (χ3n) is 2.87. The highest BCUT2D eigenvalue weighted by Gasteiger charge is 2.16. The normalized spacial score (nSPS) is 12.2. The summed E-state index contributed by atoms with van der Waals surface area (Å²) in [4.78, 5) is 13.8. The van der Waals surface area contributed by atoms with Crippen LogP contribution in [0.4, 0.5) is 0 Å². The molecule has 2 rings (SSSR count). The van der Waals surface area contributed by atoms with Crippen LogP contribution in [-0.2, 0) is 10.0 Å². The van der Waals surface area contributed by atoms with E-state index < -0.39 is 15.6 Å². The molecular weight excluding hydrogens is 388 g/mol. The smallest absolute Gasteiger partial charge is 0.348 e. The van der Waals surface area contributed by atoms with Crippen molar-refractivity contribution in [2.24, 2.45) is 5.10 Å². The number of aryl methyl sites for hydroxylation is 1. The van der Waals surface area contributed by atoms with Crippen molar-refractivity contribution < 1.29 is 17.9 Å². The second kappa shape index (κ2) is 6.55. The number of aromatic hydroxyl groups is 1. The molecule has 0 saturated carbocycles. The number of benzene rings is 1. The standard InChI is InChI=1S/C14H13BrN2O5S/c1-8-7-12(18)13(14(19)22-8)9(2)16-17-23(20,21)11-5-3-10(15)4-6-11/h3-7,17-18H,1-2H3. The van der Waals surface area contributed by atoms with Crippen molar-refractivity contribution in [1.82, 2.24) is 4.83 Å². The number of sulfonamides is 1. The minimum atomic E-state index is -3.89. The van der Waals surface area contributed by atoms with E-state index in [4.69, 9.17) is 4.42 Å². The molecule has 0 fully saturated rings. The van der Waals surface area contributed by atoms with Crippen LogP contribution < -0.4 is 10.5 Å². The molecule has 0 saturated heterocycles. The zero-order chi connectivity index (χ0) is 17.2. The topological polar surface area (TPSA) is 109 Å². The lowest BCUT2D eigenvalue weighted by molar-refractivity contribution is 0.432. The van der Waals surface area contributed by atoms with Crippen molar-refractivity contribution >= 4 is 31.7 Å². The van der Waals surface area contributed by atoms with Crippen LogP contribution >= 0.6 is 15.9 Å². The van der Waals surface area contributed by atoms with Gasteiger partial charge in [0.15, 0.2) is 0 Å². The summed E-state index contributed by atoms with van der Waals surface area (Å²) in [6.45, 7) is 2.89. The molecule has 23 heavy (non-hydrogen) atoms. The third-order valence-corrected chi connectivity index (χ3v) is 4.63. The van der Waals surface area contributed by atoms with Crippen molar-refractivity contribution in [3.63, 3.8) is 0 Å². The Kier molecular flexibility index (Phi) is 4.90. The fourth-order valence-corrected chi connectivity index (χ4v) is 2.90. The Hall–Kier alpha value is -2.13. The predicted octanol–water partition coefficient (Wildman–Crippen LogP) is 2.12. The molecule has 0 spiro atoms. The monoisotopic (exact) mass is 400 g/mol. The molecule has 2 N–H and O–H groups in total. The fraction of sp³-hybridized carbons (Fsp3) is 0.143. The average Bonchev–Trinajstić information content (AvgIpc) is 2.44. The number of halogens is 1. The first kappa shape index (κ1) is 17.2. The van der Waals surface area contributed by atoms with Gasteiger partial charge in [-0.1, -0.05) is 15.9 Å². The van der Waals surface area contributed by atoms with Gasteiger partial charge in [0.25, 0.3) is 10.0 Å². The number of hydrazone groups is 1. The number of hydrogen-bond acceptors (Lipinski definition) is 6. The lowest BCUT2D eigenvalue weighted by atomic mass is 10.2. The van der Waals surface area contributed by atoms with Crippen LogP contribution in [0.5, 0.6) is 5.75 Å². The fourth-order valence-electron chi connectivity index (χ4n) is 1.78. The summed E-state index contributed by atoms with van der Waals surface area (Å²) in [6.07, 6.45) is 0. The molecule has 2 aromatic rings. The lowest BCUT2D eigenvalue weighted by Gasteiger charge is -2.06. The maximum atomic E-state index is 12.1. The number of rotatable bonds is 4. The lowest BCUT2D eigenvalue weighted by Crippen LogP contribution is -2.22. The van der Waals surface area contributed by atoms with Gasteiger partial charge < -0.3 is 9.52 Å². The minimum Gasteiger partial charge on any atom is -0.507 e. The molecule has 9 heteroatoms. The largest absolute Gasteiger partial charge is 0.507 e. The summed E-state index contributed by atoms with van der Waals surface area (Å²) in [5.74, 6) is -0.0951. The van der Waals surface area contributed by atoms with E-state index in [0.717, 1.165) is 4.47 Å². The van der Waals surface area contributed by atoms with E-state index in [9.17, 15) is 18.3 Å². The molecule has 1 aromatic carbocycles.